The SMILES string of the molecule is CC(C)(C)C1CCC(C#N)(Cc2ccc(Br)cc2)CC1. The number of hydrogen-bond acceptors (Lipinski definition) is 1. The zero-order chi connectivity index (χ0) is 14.8. The highest BCUT2D eigenvalue weighted by atomic mass is 79.9. The molecule has 1 nitrogen and oxygen atoms in total. The maximum Gasteiger partial charge on any atom is 0.0693 e. The number of nitrogens with zero attached hydrogens (tertiary/aromatic N) is 1. The van der Waals surface area contributed by atoms with E-state index < -0.39 is 0 Å². The van der Waals surface area contributed by atoms with Crippen LogP contribution < -0.4 is 0 Å². The molecule has 2 heteroatoms. The number of rotatable bonds is 2. The lowest BCUT2D eigenvalue weighted by atomic mass is 9.63. The summed E-state index contributed by atoms with van der Waals surface area (Å²) >= 11 is 3.47. The van der Waals surface area contributed by atoms with E-state index in [9.17, 15) is 5.26 Å². The van der Waals surface area contributed by atoms with E-state index in [2.05, 4.69) is 67.0 Å². The average Bonchev–Trinajstić information content (AvgIpc) is 2.41. The Hall–Kier alpha value is -0.810. The van der Waals surface area contributed by atoms with Gasteiger partial charge < -0.3 is 0 Å². The molecular weight excluding hydrogens is 310 g/mol. The summed E-state index contributed by atoms with van der Waals surface area (Å²) in [6, 6.07) is 11.1. The Labute approximate surface area is 131 Å². The Kier molecular flexibility index (Phi) is 4.59. The van der Waals surface area contributed by atoms with Crippen LogP contribution in [0.15, 0.2) is 28.7 Å². The van der Waals surface area contributed by atoms with Gasteiger partial charge in [-0.25, -0.2) is 0 Å². The van der Waals surface area contributed by atoms with Crippen LogP contribution in [0.25, 0.3) is 0 Å². The first-order valence-corrected chi connectivity index (χ1v) is 8.30. The van der Waals surface area contributed by atoms with Gasteiger partial charge in [0.25, 0.3) is 0 Å². The molecule has 0 radical (unpaired) electrons. The fraction of sp³-hybridized carbons (Fsp3) is 0.611. The van der Waals surface area contributed by atoms with Gasteiger partial charge in [-0.3, -0.25) is 0 Å². The number of benzene rings is 1. The molecule has 1 saturated carbocycles. The molecule has 0 aliphatic heterocycles. The van der Waals surface area contributed by atoms with Crippen LogP contribution in [0.1, 0.15) is 52.0 Å². The lowest BCUT2D eigenvalue weighted by molar-refractivity contribution is 0.120. The topological polar surface area (TPSA) is 23.8 Å². The standard InChI is InChI=1S/C18H24BrN/c1-17(2,3)15-8-10-18(13-20,11-9-15)12-14-4-6-16(19)7-5-14/h4-7,15H,8-12H2,1-3H3. The van der Waals surface area contributed by atoms with E-state index >= 15 is 0 Å². The van der Waals surface area contributed by atoms with E-state index in [4.69, 9.17) is 0 Å². The van der Waals surface area contributed by atoms with Gasteiger partial charge in [-0.2, -0.15) is 5.26 Å². The van der Waals surface area contributed by atoms with Gasteiger partial charge in [0, 0.05) is 4.47 Å². The fourth-order valence-electron chi connectivity index (χ4n) is 3.36. The van der Waals surface area contributed by atoms with Crippen LogP contribution >= 0.6 is 15.9 Å². The van der Waals surface area contributed by atoms with Crippen LogP contribution in [0.3, 0.4) is 0 Å². The molecule has 0 heterocycles. The van der Waals surface area contributed by atoms with Gasteiger partial charge in [0.1, 0.15) is 0 Å². The van der Waals surface area contributed by atoms with Crippen molar-refractivity contribution in [2.45, 2.75) is 52.9 Å². The zero-order valence-electron chi connectivity index (χ0n) is 12.7. The molecule has 1 aliphatic rings. The van der Waals surface area contributed by atoms with E-state index in [1.54, 1.807) is 0 Å². The van der Waals surface area contributed by atoms with Crippen LogP contribution in [-0.4, -0.2) is 0 Å². The van der Waals surface area contributed by atoms with Crippen LogP contribution in [0.2, 0.25) is 0 Å². The molecule has 1 aliphatic carbocycles. The third-order valence-corrected chi connectivity index (χ3v) is 5.39. The maximum absolute atomic E-state index is 9.69. The first-order chi connectivity index (χ1) is 9.35. The number of halogens is 1. The lowest BCUT2D eigenvalue weighted by Gasteiger charge is -2.40. The summed E-state index contributed by atoms with van der Waals surface area (Å²) < 4.78 is 1.10. The highest BCUT2D eigenvalue weighted by Gasteiger charge is 2.38. The molecule has 108 valence electrons. The van der Waals surface area contributed by atoms with Crippen molar-refractivity contribution < 1.29 is 0 Å². The summed E-state index contributed by atoms with van der Waals surface area (Å²) in [6.07, 6.45) is 5.36. The van der Waals surface area contributed by atoms with E-state index in [1.807, 2.05) is 0 Å². The average molecular weight is 334 g/mol. The fourth-order valence-corrected chi connectivity index (χ4v) is 3.62. The molecule has 1 fully saturated rings. The molecule has 1 aromatic carbocycles. The second-order valence-corrected chi connectivity index (χ2v) is 8.25. The van der Waals surface area contributed by atoms with Crippen molar-refractivity contribution in [2.24, 2.45) is 16.7 Å². The van der Waals surface area contributed by atoms with Gasteiger partial charge in [-0.15, -0.1) is 0 Å². The summed E-state index contributed by atoms with van der Waals surface area (Å²) in [4.78, 5) is 0. The second kappa shape index (κ2) is 5.90. The Morgan fingerprint density at radius 3 is 2.20 bits per heavy atom. The summed E-state index contributed by atoms with van der Waals surface area (Å²) in [7, 11) is 0. The quantitative estimate of drug-likeness (QED) is 0.677. The summed E-state index contributed by atoms with van der Waals surface area (Å²) in [5.74, 6) is 0.758. The minimum atomic E-state index is -0.143. The lowest BCUT2D eigenvalue weighted by Crippen LogP contribution is -2.33. The normalized spacial score (nSPS) is 27.1. The van der Waals surface area contributed by atoms with Crippen LogP contribution in [0, 0.1) is 28.1 Å². The second-order valence-electron chi connectivity index (χ2n) is 7.34. The van der Waals surface area contributed by atoms with Crippen molar-refractivity contribution in [1.29, 1.82) is 5.26 Å². The first kappa shape index (κ1) is 15.6. The summed E-state index contributed by atoms with van der Waals surface area (Å²) in [6.45, 7) is 6.98. The van der Waals surface area contributed by atoms with Gasteiger partial charge in [0.2, 0.25) is 0 Å². The van der Waals surface area contributed by atoms with Crippen molar-refractivity contribution in [3.8, 4) is 6.07 Å². The van der Waals surface area contributed by atoms with Gasteiger partial charge in [-0.05, 0) is 61.1 Å². The molecule has 0 unspecified atom stereocenters. The first-order valence-electron chi connectivity index (χ1n) is 7.50. The molecule has 20 heavy (non-hydrogen) atoms. The Morgan fingerprint density at radius 2 is 1.75 bits per heavy atom. The minimum absolute atomic E-state index is 0.143. The Morgan fingerprint density at radius 1 is 1.20 bits per heavy atom. The molecular formula is C18H24BrN. The van der Waals surface area contributed by atoms with E-state index in [0.717, 1.165) is 29.7 Å². The van der Waals surface area contributed by atoms with Crippen molar-refractivity contribution in [1.82, 2.24) is 0 Å². The summed E-state index contributed by atoms with van der Waals surface area (Å²) in [5, 5.41) is 9.69. The van der Waals surface area contributed by atoms with Crippen LogP contribution in [-0.2, 0) is 6.42 Å². The predicted molar refractivity (Wildman–Crippen MR) is 87.3 cm³/mol. The third-order valence-electron chi connectivity index (χ3n) is 4.86. The van der Waals surface area contributed by atoms with Gasteiger partial charge >= 0.3 is 0 Å². The van der Waals surface area contributed by atoms with E-state index in [-0.39, 0.29) is 5.41 Å². The molecule has 1 aromatic rings. The van der Waals surface area contributed by atoms with Gasteiger partial charge in [-0.1, -0.05) is 48.8 Å². The molecule has 0 N–H and O–H groups in total. The van der Waals surface area contributed by atoms with Crippen molar-refractivity contribution in [3.63, 3.8) is 0 Å². The highest BCUT2D eigenvalue weighted by molar-refractivity contribution is 9.10. The van der Waals surface area contributed by atoms with Gasteiger partial charge in [0.15, 0.2) is 0 Å². The van der Waals surface area contributed by atoms with Gasteiger partial charge in [0.05, 0.1) is 11.5 Å². The molecule has 0 atom stereocenters. The highest BCUT2D eigenvalue weighted by Crippen LogP contribution is 2.46. The van der Waals surface area contributed by atoms with Crippen LogP contribution in [0.4, 0.5) is 0 Å². The van der Waals surface area contributed by atoms with Crippen molar-refractivity contribution in [3.05, 3.63) is 34.3 Å². The molecule has 0 spiro atoms. The summed E-state index contributed by atoms with van der Waals surface area (Å²) in [5.41, 5.74) is 1.51. The number of hydrogen-bond donors (Lipinski definition) is 0. The van der Waals surface area contributed by atoms with E-state index in [1.165, 1.54) is 18.4 Å². The zero-order valence-corrected chi connectivity index (χ0v) is 14.3. The maximum atomic E-state index is 9.69. The molecule has 0 saturated heterocycles. The van der Waals surface area contributed by atoms with Crippen molar-refractivity contribution >= 4 is 15.9 Å². The molecule has 0 amide bonds. The molecule has 0 aromatic heterocycles. The molecule has 2 rings (SSSR count). The molecule has 0 bridgehead atoms. The number of nitriles is 1. The third kappa shape index (κ3) is 3.64. The smallest absolute Gasteiger partial charge is 0.0693 e. The van der Waals surface area contributed by atoms with E-state index in [0.29, 0.717) is 5.41 Å². The largest absolute Gasteiger partial charge is 0.198 e. The van der Waals surface area contributed by atoms with Crippen molar-refractivity contribution in [2.75, 3.05) is 0 Å². The predicted octanol–water partition coefficient (Wildman–Crippen LogP) is 5.74. The Bertz CT molecular complexity index is 482. The minimum Gasteiger partial charge on any atom is -0.198 e. The monoisotopic (exact) mass is 333 g/mol. The Balaban J connectivity index is 2.06. The van der Waals surface area contributed by atoms with Crippen LogP contribution in [0.5, 0.6) is 0 Å².